The summed E-state index contributed by atoms with van der Waals surface area (Å²) >= 11 is 0. The molecule has 1 saturated heterocycles. The van der Waals surface area contributed by atoms with E-state index in [1.54, 1.807) is 6.07 Å². The number of hydrogen-bond donors (Lipinski definition) is 0. The van der Waals surface area contributed by atoms with Crippen molar-refractivity contribution < 1.29 is 18.7 Å². The molecule has 0 saturated carbocycles. The molecule has 0 N–H and O–H groups in total. The molecule has 140 valence electrons. The number of para-hydroxylation sites is 2. The van der Waals surface area contributed by atoms with E-state index in [2.05, 4.69) is 14.9 Å². The van der Waals surface area contributed by atoms with Crippen LogP contribution in [-0.2, 0) is 4.74 Å². The maximum atomic E-state index is 11.8. The molecule has 0 bridgehead atoms. The van der Waals surface area contributed by atoms with Crippen molar-refractivity contribution in [2.45, 2.75) is 18.8 Å². The molecule has 1 fully saturated rings. The molecule has 1 aromatic carbocycles. The number of esters is 1. The number of carbonyl (C=O) groups excluding carboxylic acids is 1. The number of pyridine rings is 1. The SMILES string of the molecule is COC(=O)c1ccc(N2CCCC(c3nc4ccccc4o3)C2)nc1OC. The summed E-state index contributed by atoms with van der Waals surface area (Å²) in [7, 11) is 2.83. The standard InChI is InChI=1S/C20H21N3O4/c1-25-19-14(20(24)26-2)9-10-17(22-19)23-11-5-6-13(12-23)18-21-15-7-3-4-8-16(15)27-18/h3-4,7-10,13H,5-6,11-12H2,1-2H3. The summed E-state index contributed by atoms with van der Waals surface area (Å²) < 4.78 is 16.0. The van der Waals surface area contributed by atoms with Crippen LogP contribution in [0.3, 0.4) is 0 Å². The van der Waals surface area contributed by atoms with Crippen LogP contribution in [0.1, 0.15) is 35.0 Å². The van der Waals surface area contributed by atoms with Crippen LogP contribution in [0.25, 0.3) is 11.1 Å². The molecule has 3 heterocycles. The lowest BCUT2D eigenvalue weighted by Gasteiger charge is -2.32. The minimum absolute atomic E-state index is 0.194. The summed E-state index contributed by atoms with van der Waals surface area (Å²) in [6, 6.07) is 11.3. The zero-order valence-corrected chi connectivity index (χ0v) is 15.3. The van der Waals surface area contributed by atoms with E-state index >= 15 is 0 Å². The molecule has 1 aliphatic heterocycles. The molecule has 3 aromatic rings. The Balaban J connectivity index is 1.58. The number of carbonyl (C=O) groups is 1. The summed E-state index contributed by atoms with van der Waals surface area (Å²) in [5.41, 5.74) is 2.01. The van der Waals surface area contributed by atoms with Crippen molar-refractivity contribution in [3.8, 4) is 5.88 Å². The monoisotopic (exact) mass is 367 g/mol. The molecule has 2 aromatic heterocycles. The molecule has 0 spiro atoms. The first kappa shape index (κ1) is 17.3. The highest BCUT2D eigenvalue weighted by Crippen LogP contribution is 2.32. The number of rotatable bonds is 4. The normalized spacial score (nSPS) is 17.1. The maximum Gasteiger partial charge on any atom is 0.343 e. The Labute approximate surface area is 156 Å². The Morgan fingerprint density at radius 2 is 2.04 bits per heavy atom. The molecule has 1 unspecified atom stereocenters. The van der Waals surface area contributed by atoms with Crippen LogP contribution < -0.4 is 9.64 Å². The smallest absolute Gasteiger partial charge is 0.343 e. The third-order valence-electron chi connectivity index (χ3n) is 4.85. The fourth-order valence-electron chi connectivity index (χ4n) is 3.48. The van der Waals surface area contributed by atoms with Gasteiger partial charge >= 0.3 is 5.97 Å². The number of nitrogens with zero attached hydrogens (tertiary/aromatic N) is 3. The van der Waals surface area contributed by atoms with Gasteiger partial charge in [-0.05, 0) is 37.1 Å². The van der Waals surface area contributed by atoms with Gasteiger partial charge in [0.1, 0.15) is 16.9 Å². The van der Waals surface area contributed by atoms with E-state index < -0.39 is 5.97 Å². The number of piperidine rings is 1. The molecule has 0 radical (unpaired) electrons. The molecule has 0 aliphatic carbocycles. The fourth-order valence-corrected chi connectivity index (χ4v) is 3.48. The van der Waals surface area contributed by atoms with Crippen molar-refractivity contribution in [1.29, 1.82) is 0 Å². The highest BCUT2D eigenvalue weighted by Gasteiger charge is 2.27. The van der Waals surface area contributed by atoms with Gasteiger partial charge in [-0.3, -0.25) is 0 Å². The predicted octanol–water partition coefficient (Wildman–Crippen LogP) is 3.40. The van der Waals surface area contributed by atoms with Crippen molar-refractivity contribution in [1.82, 2.24) is 9.97 Å². The van der Waals surface area contributed by atoms with Crippen LogP contribution >= 0.6 is 0 Å². The number of methoxy groups -OCH3 is 2. The van der Waals surface area contributed by atoms with E-state index in [9.17, 15) is 4.79 Å². The number of oxazole rings is 1. The number of aromatic nitrogens is 2. The average molecular weight is 367 g/mol. The molecule has 1 aliphatic rings. The number of benzene rings is 1. The Morgan fingerprint density at radius 3 is 2.81 bits per heavy atom. The molecule has 7 heteroatoms. The zero-order chi connectivity index (χ0) is 18.8. The highest BCUT2D eigenvalue weighted by atomic mass is 16.5. The summed E-state index contributed by atoms with van der Waals surface area (Å²) in [4.78, 5) is 23.2. The number of ether oxygens (including phenoxy) is 2. The van der Waals surface area contributed by atoms with Gasteiger partial charge in [-0.25, -0.2) is 9.78 Å². The maximum absolute atomic E-state index is 11.8. The third kappa shape index (κ3) is 3.32. The van der Waals surface area contributed by atoms with Crippen molar-refractivity contribution in [2.75, 3.05) is 32.2 Å². The van der Waals surface area contributed by atoms with Gasteiger partial charge in [0.2, 0.25) is 5.88 Å². The van der Waals surface area contributed by atoms with Gasteiger partial charge in [0.15, 0.2) is 11.5 Å². The lowest BCUT2D eigenvalue weighted by Crippen LogP contribution is -2.35. The Hall–Kier alpha value is -3.09. The second kappa shape index (κ2) is 7.26. The van der Waals surface area contributed by atoms with Crippen molar-refractivity contribution in [2.24, 2.45) is 0 Å². The fraction of sp³-hybridized carbons (Fsp3) is 0.350. The van der Waals surface area contributed by atoms with Gasteiger partial charge in [0, 0.05) is 13.1 Å². The van der Waals surface area contributed by atoms with Crippen LogP contribution in [0.4, 0.5) is 5.82 Å². The van der Waals surface area contributed by atoms with Crippen LogP contribution in [-0.4, -0.2) is 43.2 Å². The van der Waals surface area contributed by atoms with E-state index in [1.807, 2.05) is 30.3 Å². The quantitative estimate of drug-likeness (QED) is 0.654. The van der Waals surface area contributed by atoms with Gasteiger partial charge in [-0.15, -0.1) is 0 Å². The van der Waals surface area contributed by atoms with Crippen molar-refractivity contribution in [3.05, 3.63) is 47.9 Å². The second-order valence-corrected chi connectivity index (χ2v) is 6.52. The number of anilines is 1. The molecular formula is C20H21N3O4. The minimum atomic E-state index is -0.464. The van der Waals surface area contributed by atoms with E-state index in [1.165, 1.54) is 14.2 Å². The highest BCUT2D eigenvalue weighted by molar-refractivity contribution is 5.92. The van der Waals surface area contributed by atoms with Crippen LogP contribution in [0.5, 0.6) is 5.88 Å². The number of hydrogen-bond acceptors (Lipinski definition) is 7. The Bertz CT molecular complexity index is 936. The molecule has 7 nitrogen and oxygen atoms in total. The zero-order valence-electron chi connectivity index (χ0n) is 15.3. The summed E-state index contributed by atoms with van der Waals surface area (Å²) in [5.74, 6) is 1.52. The van der Waals surface area contributed by atoms with Gasteiger partial charge in [0.05, 0.1) is 20.1 Å². The lowest BCUT2D eigenvalue weighted by molar-refractivity contribution is 0.0596. The summed E-state index contributed by atoms with van der Waals surface area (Å²) in [5, 5.41) is 0. The first-order valence-electron chi connectivity index (χ1n) is 8.93. The van der Waals surface area contributed by atoms with Gasteiger partial charge in [-0.2, -0.15) is 4.98 Å². The average Bonchev–Trinajstić information content (AvgIpc) is 3.17. The van der Waals surface area contributed by atoms with Gasteiger partial charge < -0.3 is 18.8 Å². The van der Waals surface area contributed by atoms with E-state index in [0.29, 0.717) is 5.56 Å². The Morgan fingerprint density at radius 1 is 1.19 bits per heavy atom. The number of fused-ring (bicyclic) bond motifs is 1. The van der Waals surface area contributed by atoms with E-state index in [4.69, 9.17) is 13.9 Å². The molecular weight excluding hydrogens is 346 g/mol. The second-order valence-electron chi connectivity index (χ2n) is 6.52. The van der Waals surface area contributed by atoms with E-state index in [0.717, 1.165) is 48.7 Å². The van der Waals surface area contributed by atoms with Crippen LogP contribution in [0.15, 0.2) is 40.8 Å². The molecule has 1 atom stereocenters. The predicted molar refractivity (Wildman–Crippen MR) is 100 cm³/mol. The minimum Gasteiger partial charge on any atom is -0.480 e. The first-order valence-corrected chi connectivity index (χ1v) is 8.93. The topological polar surface area (TPSA) is 77.7 Å². The van der Waals surface area contributed by atoms with Gasteiger partial charge in [0.25, 0.3) is 0 Å². The van der Waals surface area contributed by atoms with Crippen LogP contribution in [0.2, 0.25) is 0 Å². The van der Waals surface area contributed by atoms with Crippen LogP contribution in [0, 0.1) is 0 Å². The molecule has 27 heavy (non-hydrogen) atoms. The van der Waals surface area contributed by atoms with Crippen molar-refractivity contribution in [3.63, 3.8) is 0 Å². The first-order chi connectivity index (χ1) is 13.2. The largest absolute Gasteiger partial charge is 0.480 e. The summed E-state index contributed by atoms with van der Waals surface area (Å²) in [6.45, 7) is 1.63. The molecule has 0 amide bonds. The Kier molecular flexibility index (Phi) is 4.66. The molecule has 4 rings (SSSR count). The summed E-state index contributed by atoms with van der Waals surface area (Å²) in [6.07, 6.45) is 2.02. The van der Waals surface area contributed by atoms with E-state index in [-0.39, 0.29) is 11.8 Å². The van der Waals surface area contributed by atoms with Crippen molar-refractivity contribution >= 4 is 22.9 Å². The third-order valence-corrected chi connectivity index (χ3v) is 4.85. The lowest BCUT2D eigenvalue weighted by atomic mass is 9.98. The van der Waals surface area contributed by atoms with Gasteiger partial charge in [-0.1, -0.05) is 12.1 Å².